The van der Waals surface area contributed by atoms with Crippen LogP contribution in [0, 0.1) is 11.6 Å². The van der Waals surface area contributed by atoms with E-state index in [1.165, 1.54) is 12.1 Å². The number of hydrogen-bond donors (Lipinski definition) is 1. The highest BCUT2D eigenvalue weighted by molar-refractivity contribution is 5.64. The zero-order valence-corrected chi connectivity index (χ0v) is 11.0. The molecular weight excluding hydrogens is 246 g/mol. The molecule has 0 bridgehead atoms. The Morgan fingerprint density at radius 1 is 1.05 bits per heavy atom. The highest BCUT2D eigenvalue weighted by atomic mass is 19.1. The van der Waals surface area contributed by atoms with Gasteiger partial charge in [0.1, 0.15) is 11.6 Å². The molecule has 0 aliphatic carbocycles. The minimum Gasteiger partial charge on any atom is -0.385 e. The minimum absolute atomic E-state index is 0.351. The molecule has 3 heteroatoms. The number of benzene rings is 2. The Morgan fingerprint density at radius 2 is 1.68 bits per heavy atom. The summed E-state index contributed by atoms with van der Waals surface area (Å²) in [5.41, 5.74) is 0.901. The van der Waals surface area contributed by atoms with E-state index in [0.29, 0.717) is 17.5 Å². The van der Waals surface area contributed by atoms with Gasteiger partial charge in [0.15, 0.2) is 0 Å². The van der Waals surface area contributed by atoms with E-state index in [9.17, 15) is 13.9 Å². The summed E-state index contributed by atoms with van der Waals surface area (Å²) in [4.78, 5) is 0. The lowest BCUT2D eigenvalue weighted by Gasteiger charge is -2.22. The lowest BCUT2D eigenvalue weighted by molar-refractivity contribution is 0.0531. The molecule has 100 valence electrons. The van der Waals surface area contributed by atoms with Crippen LogP contribution in [0.15, 0.2) is 42.5 Å². The summed E-state index contributed by atoms with van der Waals surface area (Å²) >= 11 is 0. The van der Waals surface area contributed by atoms with Crippen molar-refractivity contribution in [3.63, 3.8) is 0 Å². The first-order valence-electron chi connectivity index (χ1n) is 6.22. The molecule has 2 aromatic carbocycles. The van der Waals surface area contributed by atoms with Crippen molar-refractivity contribution >= 4 is 0 Å². The lowest BCUT2D eigenvalue weighted by Crippen LogP contribution is -2.19. The van der Waals surface area contributed by atoms with Crippen LogP contribution in [-0.2, 0) is 5.60 Å². The van der Waals surface area contributed by atoms with Gasteiger partial charge in [-0.05, 0) is 36.6 Å². The second-order valence-corrected chi connectivity index (χ2v) is 4.83. The van der Waals surface area contributed by atoms with Crippen LogP contribution in [0.4, 0.5) is 8.78 Å². The molecule has 0 aliphatic heterocycles. The molecule has 1 nitrogen and oxygen atoms in total. The molecule has 0 aromatic heterocycles. The summed E-state index contributed by atoms with van der Waals surface area (Å²) in [5, 5.41) is 10.1. The third kappa shape index (κ3) is 2.82. The normalized spacial score (nSPS) is 14.2. The molecule has 0 saturated heterocycles. The predicted molar refractivity (Wildman–Crippen MR) is 71.7 cm³/mol. The van der Waals surface area contributed by atoms with E-state index in [0.717, 1.165) is 11.6 Å². The Balaban J connectivity index is 2.38. The zero-order valence-electron chi connectivity index (χ0n) is 11.0. The molecule has 2 rings (SSSR count). The van der Waals surface area contributed by atoms with Crippen LogP contribution in [0.5, 0.6) is 0 Å². The Morgan fingerprint density at radius 3 is 2.21 bits per heavy atom. The van der Waals surface area contributed by atoms with Gasteiger partial charge < -0.3 is 5.11 Å². The smallest absolute Gasteiger partial charge is 0.133 e. The van der Waals surface area contributed by atoms with Crippen molar-refractivity contribution in [2.45, 2.75) is 25.9 Å². The van der Waals surface area contributed by atoms with Gasteiger partial charge in [0.05, 0.1) is 5.60 Å². The van der Waals surface area contributed by atoms with Crippen molar-refractivity contribution in [3.05, 3.63) is 59.7 Å². The molecule has 1 unspecified atom stereocenters. The molecule has 0 fully saturated rings. The van der Waals surface area contributed by atoms with Crippen molar-refractivity contribution in [2.24, 2.45) is 0 Å². The molecule has 0 amide bonds. The van der Waals surface area contributed by atoms with E-state index in [1.54, 1.807) is 31.2 Å². The molecule has 0 heterocycles. The Hall–Kier alpha value is -1.74. The fourth-order valence-electron chi connectivity index (χ4n) is 1.94. The third-order valence-electron chi connectivity index (χ3n) is 3.44. The average Bonchev–Trinajstić information content (AvgIpc) is 2.39. The summed E-state index contributed by atoms with van der Waals surface area (Å²) in [6.45, 7) is 3.63. The van der Waals surface area contributed by atoms with Gasteiger partial charge in [0, 0.05) is 11.6 Å². The minimum atomic E-state index is -0.889. The SMILES string of the molecule is CCC(C)(O)c1ccc(-c2ccc(F)cc2F)cc1. The van der Waals surface area contributed by atoms with Gasteiger partial charge in [-0.2, -0.15) is 0 Å². The van der Waals surface area contributed by atoms with E-state index in [2.05, 4.69) is 0 Å². The van der Waals surface area contributed by atoms with Crippen LogP contribution in [0.2, 0.25) is 0 Å². The first-order chi connectivity index (χ1) is 8.94. The maximum atomic E-state index is 13.6. The van der Waals surface area contributed by atoms with Gasteiger partial charge in [-0.15, -0.1) is 0 Å². The summed E-state index contributed by atoms with van der Waals surface area (Å²) in [7, 11) is 0. The van der Waals surface area contributed by atoms with Crippen molar-refractivity contribution in [1.29, 1.82) is 0 Å². The molecule has 19 heavy (non-hydrogen) atoms. The van der Waals surface area contributed by atoms with E-state index in [4.69, 9.17) is 0 Å². The maximum absolute atomic E-state index is 13.6. The topological polar surface area (TPSA) is 20.2 Å². The fourth-order valence-corrected chi connectivity index (χ4v) is 1.94. The summed E-state index contributed by atoms with van der Waals surface area (Å²) in [5.74, 6) is -1.18. The first kappa shape index (κ1) is 13.7. The number of aliphatic hydroxyl groups is 1. The van der Waals surface area contributed by atoms with Crippen molar-refractivity contribution < 1.29 is 13.9 Å². The maximum Gasteiger partial charge on any atom is 0.133 e. The lowest BCUT2D eigenvalue weighted by atomic mass is 9.92. The van der Waals surface area contributed by atoms with Gasteiger partial charge in [0.2, 0.25) is 0 Å². The average molecular weight is 262 g/mol. The fraction of sp³-hybridized carbons (Fsp3) is 0.250. The molecule has 0 radical (unpaired) electrons. The summed E-state index contributed by atoms with van der Waals surface area (Å²) < 4.78 is 26.5. The molecule has 1 atom stereocenters. The Bertz CT molecular complexity index is 574. The molecular formula is C16H16F2O. The van der Waals surface area contributed by atoms with Crippen LogP contribution in [0.1, 0.15) is 25.8 Å². The number of halogens is 2. The first-order valence-corrected chi connectivity index (χ1v) is 6.22. The Kier molecular flexibility index (Phi) is 3.67. The van der Waals surface area contributed by atoms with Crippen molar-refractivity contribution in [3.8, 4) is 11.1 Å². The van der Waals surface area contributed by atoms with E-state index >= 15 is 0 Å². The van der Waals surface area contributed by atoms with Crippen LogP contribution in [0.3, 0.4) is 0 Å². The summed E-state index contributed by atoms with van der Waals surface area (Å²) in [6.07, 6.45) is 0.595. The summed E-state index contributed by atoms with van der Waals surface area (Å²) in [6, 6.07) is 10.5. The second-order valence-electron chi connectivity index (χ2n) is 4.83. The van der Waals surface area contributed by atoms with Gasteiger partial charge in [-0.3, -0.25) is 0 Å². The quantitative estimate of drug-likeness (QED) is 0.876. The molecule has 0 saturated carbocycles. The largest absolute Gasteiger partial charge is 0.385 e. The highest BCUT2D eigenvalue weighted by Crippen LogP contribution is 2.28. The van der Waals surface area contributed by atoms with E-state index in [1.807, 2.05) is 6.92 Å². The van der Waals surface area contributed by atoms with Crippen LogP contribution < -0.4 is 0 Å². The molecule has 0 spiro atoms. The van der Waals surface area contributed by atoms with E-state index < -0.39 is 17.2 Å². The predicted octanol–water partition coefficient (Wildman–Crippen LogP) is 4.25. The van der Waals surface area contributed by atoms with Crippen LogP contribution in [0.25, 0.3) is 11.1 Å². The van der Waals surface area contributed by atoms with Gasteiger partial charge in [-0.25, -0.2) is 8.78 Å². The number of hydrogen-bond acceptors (Lipinski definition) is 1. The van der Waals surface area contributed by atoms with Crippen LogP contribution in [-0.4, -0.2) is 5.11 Å². The monoisotopic (exact) mass is 262 g/mol. The van der Waals surface area contributed by atoms with Gasteiger partial charge >= 0.3 is 0 Å². The van der Waals surface area contributed by atoms with E-state index in [-0.39, 0.29) is 0 Å². The highest BCUT2D eigenvalue weighted by Gasteiger charge is 2.20. The molecule has 0 aliphatic rings. The van der Waals surface area contributed by atoms with Gasteiger partial charge in [0.25, 0.3) is 0 Å². The standard InChI is InChI=1S/C16H16F2O/c1-3-16(2,19)12-6-4-11(5-7-12)14-9-8-13(17)10-15(14)18/h4-10,19H,3H2,1-2H3. The number of rotatable bonds is 3. The molecule has 2 aromatic rings. The molecule has 1 N–H and O–H groups in total. The third-order valence-corrected chi connectivity index (χ3v) is 3.44. The Labute approximate surface area is 111 Å². The van der Waals surface area contributed by atoms with Crippen LogP contribution >= 0.6 is 0 Å². The van der Waals surface area contributed by atoms with Gasteiger partial charge in [-0.1, -0.05) is 31.2 Å². The van der Waals surface area contributed by atoms with Crippen molar-refractivity contribution in [2.75, 3.05) is 0 Å². The van der Waals surface area contributed by atoms with Crippen molar-refractivity contribution in [1.82, 2.24) is 0 Å². The zero-order chi connectivity index (χ0) is 14.0. The second kappa shape index (κ2) is 5.10.